The average molecular weight is 1190 g/mol. The van der Waals surface area contributed by atoms with Gasteiger partial charge in [0.2, 0.25) is 5.91 Å². The van der Waals surface area contributed by atoms with Crippen molar-refractivity contribution in [2.24, 2.45) is 0 Å². The number of aliphatic hydroxyl groups is 5. The normalized spacial score (nSPS) is 18.9. The minimum atomic E-state index is -1.63. The molecule has 0 aromatic carbocycles. The highest BCUT2D eigenvalue weighted by Crippen LogP contribution is 2.26. The van der Waals surface area contributed by atoms with Gasteiger partial charge in [-0.2, -0.15) is 0 Å². The van der Waals surface area contributed by atoms with Crippen molar-refractivity contribution >= 4 is 11.9 Å². The molecule has 0 aromatic rings. The van der Waals surface area contributed by atoms with Crippen LogP contribution < -0.4 is 5.32 Å². The van der Waals surface area contributed by atoms with Gasteiger partial charge in [-0.3, -0.25) is 9.59 Å². The van der Waals surface area contributed by atoms with Crippen LogP contribution in [0, 0.1) is 0 Å². The number of hydrogen-bond acceptors (Lipinski definition) is 10. The first-order valence-electron chi connectivity index (χ1n) is 35.4. The highest BCUT2D eigenvalue weighted by Gasteiger charge is 2.47. The first kappa shape index (κ1) is 79.9. The van der Waals surface area contributed by atoms with Gasteiger partial charge < -0.3 is 45.1 Å². The van der Waals surface area contributed by atoms with Crippen molar-refractivity contribution in [3.63, 3.8) is 0 Å². The molecule has 0 radical (unpaired) electrons. The molecule has 1 amide bonds. The minimum Gasteiger partial charge on any atom is -0.454 e. The fourth-order valence-corrected chi connectivity index (χ4v) is 10.7. The highest BCUT2D eigenvalue weighted by atomic mass is 16.7. The lowest BCUT2D eigenvalue weighted by Gasteiger charge is -2.41. The summed E-state index contributed by atoms with van der Waals surface area (Å²) < 4.78 is 17.7. The van der Waals surface area contributed by atoms with Crippen LogP contribution in [0.4, 0.5) is 0 Å². The maximum absolute atomic E-state index is 13.5. The number of unbranched alkanes of at least 4 members (excludes halogenated alkanes) is 34. The summed E-state index contributed by atoms with van der Waals surface area (Å²) >= 11 is 0. The van der Waals surface area contributed by atoms with Gasteiger partial charge in [-0.25, -0.2) is 0 Å². The zero-order valence-electron chi connectivity index (χ0n) is 54.7. The average Bonchev–Trinajstić information content (AvgIpc) is 3.22. The molecule has 8 atom stereocenters. The Kier molecular flexibility index (Phi) is 57.4. The van der Waals surface area contributed by atoms with E-state index in [0.29, 0.717) is 12.8 Å². The van der Waals surface area contributed by atoms with Gasteiger partial charge in [0.05, 0.1) is 25.4 Å². The molecule has 11 heteroatoms. The lowest BCUT2D eigenvalue weighted by atomic mass is 9.99. The second-order valence-electron chi connectivity index (χ2n) is 24.3. The predicted molar refractivity (Wildman–Crippen MR) is 356 cm³/mol. The van der Waals surface area contributed by atoms with Gasteiger partial charge in [0.1, 0.15) is 24.4 Å². The minimum absolute atomic E-state index is 0.0959. The van der Waals surface area contributed by atoms with Gasteiger partial charge >= 0.3 is 5.97 Å². The molecule has 6 N–H and O–H groups in total. The molecule has 0 spiro atoms. The lowest BCUT2D eigenvalue weighted by molar-refractivity contribution is -0.305. The molecule has 0 saturated carbocycles. The summed E-state index contributed by atoms with van der Waals surface area (Å²) in [4.78, 5) is 26.7. The van der Waals surface area contributed by atoms with Gasteiger partial charge in [-0.05, 0) is 103 Å². The Morgan fingerprint density at radius 1 is 0.459 bits per heavy atom. The van der Waals surface area contributed by atoms with Gasteiger partial charge in [0.15, 0.2) is 12.4 Å². The van der Waals surface area contributed by atoms with E-state index in [9.17, 15) is 35.1 Å². The van der Waals surface area contributed by atoms with Gasteiger partial charge in [-0.15, -0.1) is 0 Å². The summed E-state index contributed by atoms with van der Waals surface area (Å²) in [6.45, 7) is 5.75. The SMILES string of the molecule is CCCCC/C=C\C/C=C\C/C=C\CCCCCCCCCCCCCCCC(O)C(=O)NC(COC1OC(CO)C(O)C(O)C1OC(=O)CCCCCC/C=C\C/C=C\C/C=C\CCCCC)C(O)/C=C/CCCCCCCCCCCCC. The fourth-order valence-electron chi connectivity index (χ4n) is 10.7. The van der Waals surface area contributed by atoms with Crippen molar-refractivity contribution in [3.05, 3.63) is 85.1 Å². The molecule has 0 aromatic heterocycles. The van der Waals surface area contributed by atoms with Crippen LogP contribution in [0.3, 0.4) is 0 Å². The van der Waals surface area contributed by atoms with E-state index >= 15 is 0 Å². The number of hydrogen-bond donors (Lipinski definition) is 6. The van der Waals surface area contributed by atoms with E-state index in [0.717, 1.165) is 96.3 Å². The third-order valence-electron chi connectivity index (χ3n) is 16.3. The summed E-state index contributed by atoms with van der Waals surface area (Å²) in [5.74, 6) is -1.21. The number of rotatable bonds is 60. The number of esters is 1. The van der Waals surface area contributed by atoms with Crippen molar-refractivity contribution in [2.45, 2.75) is 359 Å². The van der Waals surface area contributed by atoms with E-state index in [1.54, 1.807) is 6.08 Å². The van der Waals surface area contributed by atoms with Crippen molar-refractivity contribution in [1.29, 1.82) is 0 Å². The Balaban J connectivity index is 2.59. The number of aliphatic hydroxyl groups excluding tert-OH is 5. The highest BCUT2D eigenvalue weighted by molar-refractivity contribution is 5.80. The molecule has 1 aliphatic rings. The van der Waals surface area contributed by atoms with E-state index in [-0.39, 0.29) is 19.4 Å². The lowest BCUT2D eigenvalue weighted by Crippen LogP contribution is -2.61. The third-order valence-corrected chi connectivity index (χ3v) is 16.3. The number of nitrogens with one attached hydrogen (secondary N) is 1. The molecule has 85 heavy (non-hydrogen) atoms. The molecule has 1 heterocycles. The Labute approximate surface area is 521 Å². The fraction of sp³-hybridized carbons (Fsp3) is 0.784. The number of allylic oxidation sites excluding steroid dienone is 13. The standard InChI is InChI=1S/C74H131NO10/c1-4-7-10-13-16-19-22-25-27-29-30-31-32-33-34-35-36-37-39-40-43-46-49-52-55-58-61-67(78)73(82)75-65(66(77)60-57-54-51-48-45-42-24-21-18-15-12-9-6-3)64-83-74-72(71(81)70(80)68(63-76)84-74)85-69(79)62-59-56-53-50-47-44-41-38-28-26-23-20-17-14-11-8-5-2/h16-17,19-20,25-28,30-31,41,44,57,60,65-68,70-72,74,76-78,80-81H,4-15,18,21-24,29,32-40,42-43,45-56,58-59,61-64H2,1-3H3,(H,75,82)/b19-16-,20-17-,27-25-,28-26-,31-30-,44-41-,60-57+. The number of carbonyl (C=O) groups excluding carboxylic acids is 2. The quantitative estimate of drug-likeness (QED) is 0.0195. The van der Waals surface area contributed by atoms with E-state index in [4.69, 9.17) is 14.2 Å². The van der Waals surface area contributed by atoms with E-state index < -0.39 is 67.4 Å². The van der Waals surface area contributed by atoms with Crippen LogP contribution in [0.5, 0.6) is 0 Å². The second kappa shape index (κ2) is 61.1. The smallest absolute Gasteiger partial charge is 0.306 e. The zero-order chi connectivity index (χ0) is 61.7. The Morgan fingerprint density at radius 3 is 1.24 bits per heavy atom. The molecule has 1 saturated heterocycles. The molecule has 8 unspecified atom stereocenters. The first-order chi connectivity index (χ1) is 41.7. The van der Waals surface area contributed by atoms with Gasteiger partial charge in [0, 0.05) is 6.42 Å². The van der Waals surface area contributed by atoms with Crippen molar-refractivity contribution in [3.8, 4) is 0 Å². The maximum Gasteiger partial charge on any atom is 0.306 e. The Morgan fingerprint density at radius 2 is 0.812 bits per heavy atom. The van der Waals surface area contributed by atoms with E-state index in [1.807, 2.05) is 6.08 Å². The second-order valence-corrected chi connectivity index (χ2v) is 24.3. The van der Waals surface area contributed by atoms with Crippen LogP contribution in [0.15, 0.2) is 85.1 Å². The summed E-state index contributed by atoms with van der Waals surface area (Å²) in [7, 11) is 0. The predicted octanol–water partition coefficient (Wildman–Crippen LogP) is 18.1. The first-order valence-corrected chi connectivity index (χ1v) is 35.4. The van der Waals surface area contributed by atoms with Crippen LogP contribution in [0.2, 0.25) is 0 Å². The topological polar surface area (TPSA) is 175 Å². The molecule has 0 aliphatic carbocycles. The van der Waals surface area contributed by atoms with Crippen LogP contribution in [0.25, 0.3) is 0 Å². The molecule has 1 aliphatic heterocycles. The monoisotopic (exact) mass is 1190 g/mol. The number of carbonyl (C=O) groups is 2. The molecule has 1 rings (SSSR count). The van der Waals surface area contributed by atoms with Gasteiger partial charge in [0.25, 0.3) is 0 Å². The summed E-state index contributed by atoms with van der Waals surface area (Å²) in [6.07, 6.45) is 70.5. The van der Waals surface area contributed by atoms with E-state index in [1.165, 1.54) is 167 Å². The van der Waals surface area contributed by atoms with Gasteiger partial charge in [-0.1, -0.05) is 286 Å². The largest absolute Gasteiger partial charge is 0.454 e. The van der Waals surface area contributed by atoms with Crippen molar-refractivity contribution in [2.75, 3.05) is 13.2 Å². The molecular weight excluding hydrogens is 1060 g/mol. The molecular formula is C74H131NO10. The molecule has 0 bridgehead atoms. The van der Waals surface area contributed by atoms with Crippen LogP contribution >= 0.6 is 0 Å². The summed E-state index contributed by atoms with van der Waals surface area (Å²) in [5, 5.41) is 57.2. The Hall–Kier alpha value is -3.16. The van der Waals surface area contributed by atoms with Crippen LogP contribution in [0.1, 0.15) is 310 Å². The molecule has 11 nitrogen and oxygen atoms in total. The van der Waals surface area contributed by atoms with E-state index in [2.05, 4.69) is 99.0 Å². The molecule has 492 valence electrons. The maximum atomic E-state index is 13.5. The number of ether oxygens (including phenoxy) is 3. The van der Waals surface area contributed by atoms with Crippen molar-refractivity contribution in [1.82, 2.24) is 5.32 Å². The van der Waals surface area contributed by atoms with Crippen LogP contribution in [-0.2, 0) is 23.8 Å². The number of amides is 1. The molecule has 1 fully saturated rings. The zero-order valence-corrected chi connectivity index (χ0v) is 54.7. The Bertz CT molecular complexity index is 1710. The van der Waals surface area contributed by atoms with Crippen LogP contribution in [-0.4, -0.2) is 99.6 Å². The third kappa shape index (κ3) is 48.4. The van der Waals surface area contributed by atoms with Crippen molar-refractivity contribution < 1.29 is 49.3 Å². The summed E-state index contributed by atoms with van der Waals surface area (Å²) in [6, 6.07) is -1.03. The summed E-state index contributed by atoms with van der Waals surface area (Å²) in [5.41, 5.74) is 0.